The van der Waals surface area contributed by atoms with Gasteiger partial charge in [-0.15, -0.1) is 0 Å². The van der Waals surface area contributed by atoms with E-state index in [1.54, 1.807) is 12.5 Å². The normalized spacial score (nSPS) is 22.0. The van der Waals surface area contributed by atoms with Crippen LogP contribution in [0.1, 0.15) is 31.9 Å². The maximum absolute atomic E-state index is 10.6. The minimum absolute atomic E-state index is 0.336. The Kier molecular flexibility index (Phi) is 4.60. The summed E-state index contributed by atoms with van der Waals surface area (Å²) in [7, 11) is 0. The summed E-state index contributed by atoms with van der Waals surface area (Å²) in [5.41, 5.74) is 2.10. The summed E-state index contributed by atoms with van der Waals surface area (Å²) in [6, 6.07) is 8.16. The lowest BCUT2D eigenvalue weighted by Crippen LogP contribution is -2.26. The van der Waals surface area contributed by atoms with Crippen molar-refractivity contribution in [3.8, 4) is 5.69 Å². The van der Waals surface area contributed by atoms with Crippen molar-refractivity contribution >= 4 is 0 Å². The molecule has 0 amide bonds. The zero-order valence-electron chi connectivity index (χ0n) is 13.4. The number of nitrogens with zero attached hydrogens (tertiary/aromatic N) is 3. The lowest BCUT2D eigenvalue weighted by Gasteiger charge is -2.18. The van der Waals surface area contributed by atoms with Crippen LogP contribution in [-0.4, -0.2) is 39.2 Å². The summed E-state index contributed by atoms with van der Waals surface area (Å²) >= 11 is 0. The molecule has 22 heavy (non-hydrogen) atoms. The molecule has 1 heterocycles. The molecule has 3 unspecified atom stereocenters. The van der Waals surface area contributed by atoms with E-state index < -0.39 is 0 Å². The standard InChI is InChI=1S/C18H25N3O/c1-3-20(4-2)12-15-11-17(15)18(22)14-5-7-16(8-6-14)21-10-9-19-13-21/h5-10,13,15,17-18,22H,3-4,11-12H2,1-2H3. The largest absolute Gasteiger partial charge is 0.388 e. The highest BCUT2D eigenvalue weighted by Gasteiger charge is 2.43. The van der Waals surface area contributed by atoms with Gasteiger partial charge in [0.15, 0.2) is 0 Å². The Hall–Kier alpha value is -1.65. The highest BCUT2D eigenvalue weighted by atomic mass is 16.3. The Morgan fingerprint density at radius 3 is 2.59 bits per heavy atom. The molecule has 1 saturated carbocycles. The monoisotopic (exact) mass is 299 g/mol. The molecular weight excluding hydrogens is 274 g/mol. The molecule has 4 nitrogen and oxygen atoms in total. The van der Waals surface area contributed by atoms with Crippen molar-refractivity contribution in [1.29, 1.82) is 0 Å². The van der Waals surface area contributed by atoms with E-state index in [1.165, 1.54) is 0 Å². The van der Waals surface area contributed by atoms with Crippen molar-refractivity contribution in [2.75, 3.05) is 19.6 Å². The van der Waals surface area contributed by atoms with Gasteiger partial charge in [0.2, 0.25) is 0 Å². The topological polar surface area (TPSA) is 41.3 Å². The van der Waals surface area contributed by atoms with Gasteiger partial charge in [0.25, 0.3) is 0 Å². The van der Waals surface area contributed by atoms with E-state index >= 15 is 0 Å². The zero-order valence-corrected chi connectivity index (χ0v) is 13.4. The first-order chi connectivity index (χ1) is 10.7. The molecular formula is C18H25N3O. The van der Waals surface area contributed by atoms with Gasteiger partial charge >= 0.3 is 0 Å². The number of rotatable bonds is 7. The fourth-order valence-electron chi connectivity index (χ4n) is 3.18. The van der Waals surface area contributed by atoms with Gasteiger partial charge in [-0.2, -0.15) is 0 Å². The van der Waals surface area contributed by atoms with Gasteiger partial charge in [-0.05, 0) is 49.0 Å². The number of imidazole rings is 1. The third kappa shape index (κ3) is 3.23. The van der Waals surface area contributed by atoms with Crippen LogP contribution in [0, 0.1) is 11.8 Å². The summed E-state index contributed by atoms with van der Waals surface area (Å²) in [6.45, 7) is 7.70. The average Bonchev–Trinajstić information content (AvgIpc) is 3.10. The first kappa shape index (κ1) is 15.3. The number of aromatic nitrogens is 2. The molecule has 0 spiro atoms. The van der Waals surface area contributed by atoms with Crippen LogP contribution in [0.4, 0.5) is 0 Å². The van der Waals surface area contributed by atoms with Crippen LogP contribution >= 0.6 is 0 Å². The summed E-state index contributed by atoms with van der Waals surface area (Å²) < 4.78 is 1.97. The second-order valence-electron chi connectivity index (χ2n) is 6.15. The number of hydrogen-bond donors (Lipinski definition) is 1. The minimum atomic E-state index is -0.336. The lowest BCUT2D eigenvalue weighted by atomic mass is 10.0. The zero-order chi connectivity index (χ0) is 15.5. The molecule has 0 radical (unpaired) electrons. The van der Waals surface area contributed by atoms with Gasteiger partial charge in [0.1, 0.15) is 0 Å². The van der Waals surface area contributed by atoms with Gasteiger partial charge in [-0.1, -0.05) is 26.0 Å². The molecule has 3 atom stereocenters. The molecule has 1 aliphatic rings. The number of aliphatic hydroxyl groups excluding tert-OH is 1. The molecule has 1 aliphatic carbocycles. The second kappa shape index (κ2) is 6.63. The van der Waals surface area contributed by atoms with Crippen molar-refractivity contribution in [1.82, 2.24) is 14.5 Å². The van der Waals surface area contributed by atoms with Crippen molar-refractivity contribution < 1.29 is 5.11 Å². The molecule has 4 heteroatoms. The lowest BCUT2D eigenvalue weighted by molar-refractivity contribution is 0.141. The summed E-state index contributed by atoms with van der Waals surface area (Å²) in [4.78, 5) is 6.50. The van der Waals surface area contributed by atoms with Crippen molar-refractivity contribution in [3.63, 3.8) is 0 Å². The van der Waals surface area contributed by atoms with E-state index in [-0.39, 0.29) is 6.10 Å². The van der Waals surface area contributed by atoms with E-state index in [0.717, 1.165) is 37.3 Å². The van der Waals surface area contributed by atoms with E-state index in [4.69, 9.17) is 0 Å². The Morgan fingerprint density at radius 1 is 1.27 bits per heavy atom. The molecule has 0 aliphatic heterocycles. The quantitative estimate of drug-likeness (QED) is 0.854. The summed E-state index contributed by atoms with van der Waals surface area (Å²) in [5, 5.41) is 10.6. The first-order valence-electron chi connectivity index (χ1n) is 8.21. The molecule has 118 valence electrons. The summed E-state index contributed by atoms with van der Waals surface area (Å²) in [5.74, 6) is 1.06. The minimum Gasteiger partial charge on any atom is -0.388 e. The molecule has 3 rings (SSSR count). The number of hydrogen-bond acceptors (Lipinski definition) is 3. The SMILES string of the molecule is CCN(CC)CC1CC1C(O)c1ccc(-n2ccnc2)cc1. The molecule has 0 saturated heterocycles. The maximum Gasteiger partial charge on any atom is 0.0991 e. The first-order valence-corrected chi connectivity index (χ1v) is 8.21. The van der Waals surface area contributed by atoms with Crippen LogP contribution in [0.2, 0.25) is 0 Å². The van der Waals surface area contributed by atoms with Gasteiger partial charge in [0.05, 0.1) is 12.4 Å². The molecule has 1 aromatic carbocycles. The van der Waals surface area contributed by atoms with Crippen LogP contribution in [0.15, 0.2) is 43.0 Å². The van der Waals surface area contributed by atoms with E-state index in [2.05, 4.69) is 23.7 Å². The van der Waals surface area contributed by atoms with Crippen LogP contribution in [-0.2, 0) is 0 Å². The van der Waals surface area contributed by atoms with Gasteiger partial charge in [0, 0.05) is 24.6 Å². The Balaban J connectivity index is 1.60. The fraction of sp³-hybridized carbons (Fsp3) is 0.500. The average molecular weight is 299 g/mol. The van der Waals surface area contributed by atoms with Crippen molar-refractivity contribution in [2.24, 2.45) is 11.8 Å². The van der Waals surface area contributed by atoms with E-state index in [1.807, 2.05) is 35.0 Å². The molecule has 2 aromatic rings. The Morgan fingerprint density at radius 2 is 2.00 bits per heavy atom. The third-order valence-corrected chi connectivity index (χ3v) is 4.81. The highest BCUT2D eigenvalue weighted by molar-refractivity contribution is 5.35. The van der Waals surface area contributed by atoms with Crippen molar-refractivity contribution in [2.45, 2.75) is 26.4 Å². The smallest absolute Gasteiger partial charge is 0.0991 e. The van der Waals surface area contributed by atoms with Crippen LogP contribution in [0.25, 0.3) is 5.69 Å². The molecule has 1 fully saturated rings. The maximum atomic E-state index is 10.6. The summed E-state index contributed by atoms with van der Waals surface area (Å²) in [6.07, 6.45) is 6.28. The second-order valence-corrected chi connectivity index (χ2v) is 6.15. The van der Waals surface area contributed by atoms with E-state index in [9.17, 15) is 5.11 Å². The van der Waals surface area contributed by atoms with Crippen LogP contribution in [0.3, 0.4) is 0 Å². The predicted octanol–water partition coefficient (Wildman–Crippen LogP) is 2.88. The van der Waals surface area contributed by atoms with Gasteiger partial charge < -0.3 is 14.6 Å². The molecule has 0 bridgehead atoms. The van der Waals surface area contributed by atoms with Crippen molar-refractivity contribution in [3.05, 3.63) is 48.5 Å². The molecule has 1 aromatic heterocycles. The third-order valence-electron chi connectivity index (χ3n) is 4.81. The fourth-order valence-corrected chi connectivity index (χ4v) is 3.18. The molecule has 1 N–H and O–H groups in total. The van der Waals surface area contributed by atoms with Gasteiger partial charge in [-0.3, -0.25) is 0 Å². The van der Waals surface area contributed by atoms with E-state index in [0.29, 0.717) is 11.8 Å². The Labute approximate surface area is 132 Å². The predicted molar refractivity (Wildman–Crippen MR) is 87.9 cm³/mol. The van der Waals surface area contributed by atoms with Gasteiger partial charge in [-0.25, -0.2) is 4.98 Å². The Bertz CT molecular complexity index is 575. The number of aliphatic hydroxyl groups is 1. The van der Waals surface area contributed by atoms with Crippen LogP contribution < -0.4 is 0 Å². The highest BCUT2D eigenvalue weighted by Crippen LogP contribution is 2.47. The number of benzene rings is 1. The van der Waals surface area contributed by atoms with Crippen LogP contribution in [0.5, 0.6) is 0 Å².